The highest BCUT2D eigenvalue weighted by Gasteiger charge is 2.17. The summed E-state index contributed by atoms with van der Waals surface area (Å²) in [6.45, 7) is 11.9. The number of nitrogens with zero attached hydrogens (tertiary/aromatic N) is 2. The van der Waals surface area contributed by atoms with Crippen LogP contribution in [0.3, 0.4) is 0 Å². The van der Waals surface area contributed by atoms with Crippen molar-refractivity contribution in [2.75, 3.05) is 97.1 Å². The molecule has 10 heteroatoms. The first kappa shape index (κ1) is 28.1. The van der Waals surface area contributed by atoms with Crippen molar-refractivity contribution in [3.63, 3.8) is 0 Å². The van der Waals surface area contributed by atoms with Gasteiger partial charge in [-0.3, -0.25) is 4.90 Å². The van der Waals surface area contributed by atoms with Crippen LogP contribution in [0.15, 0.2) is 33.5 Å². The standard InChI is InChI=1S/C26H38N2O8/c1-3-28(4-2)22-6-5-21-19-23(26(30)36-24(21)20-22)25(29)35-12-9-27-7-10-31-13-15-33-17-18-34-16-14-32-11-8-27/h5-6,19-20H,3-4,7-18H2,1-2H3. The van der Waals surface area contributed by atoms with Crippen molar-refractivity contribution in [2.45, 2.75) is 13.8 Å². The minimum Gasteiger partial charge on any atom is -0.461 e. The highest BCUT2D eigenvalue weighted by Crippen LogP contribution is 2.22. The maximum Gasteiger partial charge on any atom is 0.351 e. The lowest BCUT2D eigenvalue weighted by molar-refractivity contribution is 0.00206. The molecule has 36 heavy (non-hydrogen) atoms. The zero-order valence-corrected chi connectivity index (χ0v) is 21.4. The number of rotatable bonds is 7. The van der Waals surface area contributed by atoms with E-state index in [2.05, 4.69) is 23.6 Å². The van der Waals surface area contributed by atoms with Crippen molar-refractivity contribution in [1.82, 2.24) is 4.90 Å². The zero-order chi connectivity index (χ0) is 25.6. The molecule has 0 aliphatic carbocycles. The molecule has 1 aromatic heterocycles. The second kappa shape index (κ2) is 15.6. The molecule has 0 atom stereocenters. The predicted molar refractivity (Wildman–Crippen MR) is 136 cm³/mol. The summed E-state index contributed by atoms with van der Waals surface area (Å²) in [6.07, 6.45) is 0. The second-order valence-corrected chi connectivity index (χ2v) is 8.27. The predicted octanol–water partition coefficient (Wildman–Crippen LogP) is 2.18. The minimum atomic E-state index is -0.704. The zero-order valence-electron chi connectivity index (χ0n) is 21.4. The van der Waals surface area contributed by atoms with Crippen molar-refractivity contribution in [3.8, 4) is 0 Å². The van der Waals surface area contributed by atoms with Crippen molar-refractivity contribution in [3.05, 3.63) is 40.2 Å². The Morgan fingerprint density at radius 1 is 0.889 bits per heavy atom. The summed E-state index contributed by atoms with van der Waals surface area (Å²) in [5.41, 5.74) is 0.594. The van der Waals surface area contributed by atoms with Crippen LogP contribution >= 0.6 is 0 Å². The van der Waals surface area contributed by atoms with E-state index in [9.17, 15) is 9.59 Å². The molecule has 10 nitrogen and oxygen atoms in total. The van der Waals surface area contributed by atoms with Gasteiger partial charge in [0.15, 0.2) is 0 Å². The van der Waals surface area contributed by atoms with E-state index >= 15 is 0 Å². The van der Waals surface area contributed by atoms with Crippen LogP contribution in [0.25, 0.3) is 11.0 Å². The number of carbonyl (C=O) groups excluding carboxylic acids is 1. The monoisotopic (exact) mass is 506 g/mol. The molecule has 1 aromatic carbocycles. The molecule has 3 rings (SSSR count). The Balaban J connectivity index is 1.55. The lowest BCUT2D eigenvalue weighted by Crippen LogP contribution is -2.35. The Labute approximate surface area is 212 Å². The fourth-order valence-electron chi connectivity index (χ4n) is 3.86. The van der Waals surface area contributed by atoms with Gasteiger partial charge in [0, 0.05) is 49.9 Å². The largest absolute Gasteiger partial charge is 0.461 e. The van der Waals surface area contributed by atoms with Crippen LogP contribution in [0.5, 0.6) is 0 Å². The number of ether oxygens (including phenoxy) is 5. The third-order valence-corrected chi connectivity index (χ3v) is 5.93. The fraction of sp³-hybridized carbons (Fsp3) is 0.615. The summed E-state index contributed by atoms with van der Waals surface area (Å²) in [5.74, 6) is -0.696. The molecule has 1 aliphatic rings. The molecule has 0 N–H and O–H groups in total. The van der Waals surface area contributed by atoms with Crippen LogP contribution in [0.1, 0.15) is 24.2 Å². The third-order valence-electron chi connectivity index (χ3n) is 5.93. The molecule has 1 aliphatic heterocycles. The molecule has 200 valence electrons. The van der Waals surface area contributed by atoms with Crippen LogP contribution in [0.2, 0.25) is 0 Å². The summed E-state index contributed by atoms with van der Waals surface area (Å²) in [5, 5.41) is 0.672. The molecular formula is C26H38N2O8. The van der Waals surface area contributed by atoms with Crippen molar-refractivity contribution in [2.24, 2.45) is 0 Å². The molecule has 0 bridgehead atoms. The number of hydrogen-bond donors (Lipinski definition) is 0. The van der Waals surface area contributed by atoms with Gasteiger partial charge < -0.3 is 33.0 Å². The third kappa shape index (κ3) is 8.86. The van der Waals surface area contributed by atoms with Crippen LogP contribution < -0.4 is 10.5 Å². The van der Waals surface area contributed by atoms with E-state index in [1.165, 1.54) is 6.07 Å². The number of fused-ring (bicyclic) bond motifs is 1. The first-order chi connectivity index (χ1) is 17.6. The van der Waals surface area contributed by atoms with Gasteiger partial charge >= 0.3 is 11.6 Å². The molecule has 2 aromatic rings. The van der Waals surface area contributed by atoms with E-state index in [0.29, 0.717) is 83.5 Å². The maximum atomic E-state index is 12.6. The van der Waals surface area contributed by atoms with Crippen molar-refractivity contribution in [1.29, 1.82) is 0 Å². The van der Waals surface area contributed by atoms with E-state index in [0.717, 1.165) is 18.8 Å². The van der Waals surface area contributed by atoms with Gasteiger partial charge in [-0.05, 0) is 32.0 Å². The van der Waals surface area contributed by atoms with Gasteiger partial charge in [0.05, 0.1) is 52.9 Å². The van der Waals surface area contributed by atoms with Gasteiger partial charge in [0.2, 0.25) is 0 Å². The normalized spacial score (nSPS) is 17.3. The first-order valence-electron chi connectivity index (χ1n) is 12.7. The van der Waals surface area contributed by atoms with Gasteiger partial charge in [0.1, 0.15) is 17.8 Å². The number of hydrogen-bond acceptors (Lipinski definition) is 10. The average Bonchev–Trinajstić information content (AvgIpc) is 2.89. The van der Waals surface area contributed by atoms with Crippen molar-refractivity contribution < 1.29 is 32.9 Å². The molecule has 0 saturated carbocycles. The Morgan fingerprint density at radius 3 is 2.06 bits per heavy atom. The summed E-state index contributed by atoms with van der Waals surface area (Å²) in [6, 6.07) is 7.16. The molecule has 1 fully saturated rings. The van der Waals surface area contributed by atoms with Crippen LogP contribution in [0.4, 0.5) is 5.69 Å². The topological polar surface area (TPSA) is 99.9 Å². The molecule has 0 spiro atoms. The summed E-state index contributed by atoms with van der Waals surface area (Å²) < 4.78 is 33.0. The lowest BCUT2D eigenvalue weighted by atomic mass is 10.1. The van der Waals surface area contributed by atoms with Gasteiger partial charge in [-0.25, -0.2) is 9.59 Å². The Kier molecular flexibility index (Phi) is 12.1. The molecule has 1 saturated heterocycles. The van der Waals surface area contributed by atoms with Gasteiger partial charge in [0.25, 0.3) is 0 Å². The highest BCUT2D eigenvalue weighted by atomic mass is 16.6. The highest BCUT2D eigenvalue weighted by molar-refractivity contribution is 5.93. The maximum absolute atomic E-state index is 12.6. The summed E-state index contributed by atoms with van der Waals surface area (Å²) >= 11 is 0. The van der Waals surface area contributed by atoms with E-state index in [1.807, 2.05) is 18.2 Å². The van der Waals surface area contributed by atoms with Gasteiger partial charge in [-0.15, -0.1) is 0 Å². The Hall–Kier alpha value is -2.50. The van der Waals surface area contributed by atoms with E-state index in [1.54, 1.807) is 0 Å². The lowest BCUT2D eigenvalue weighted by Gasteiger charge is -2.22. The summed E-state index contributed by atoms with van der Waals surface area (Å²) in [4.78, 5) is 29.4. The fourth-order valence-corrected chi connectivity index (χ4v) is 3.86. The quantitative estimate of drug-likeness (QED) is 0.410. The van der Waals surface area contributed by atoms with E-state index in [-0.39, 0.29) is 12.2 Å². The molecule has 0 radical (unpaired) electrons. The van der Waals surface area contributed by atoms with Crippen LogP contribution in [-0.2, 0) is 23.7 Å². The first-order valence-corrected chi connectivity index (χ1v) is 12.7. The Bertz CT molecular complexity index is 976. The van der Waals surface area contributed by atoms with Crippen LogP contribution in [-0.4, -0.2) is 103 Å². The summed E-state index contributed by atoms with van der Waals surface area (Å²) in [7, 11) is 0. The van der Waals surface area contributed by atoms with E-state index < -0.39 is 11.6 Å². The molecule has 0 unspecified atom stereocenters. The molecule has 0 amide bonds. The van der Waals surface area contributed by atoms with Crippen molar-refractivity contribution >= 4 is 22.6 Å². The second-order valence-electron chi connectivity index (χ2n) is 8.27. The van der Waals surface area contributed by atoms with E-state index in [4.69, 9.17) is 28.1 Å². The molecular weight excluding hydrogens is 468 g/mol. The Morgan fingerprint density at radius 2 is 1.47 bits per heavy atom. The van der Waals surface area contributed by atoms with Crippen LogP contribution in [0, 0.1) is 0 Å². The minimum absolute atomic E-state index is 0.109. The SMILES string of the molecule is CCN(CC)c1ccc2cc(C(=O)OCCN3CCOCCOCCOCCOCC3)c(=O)oc2c1. The van der Waals surface area contributed by atoms with Gasteiger partial charge in [-0.2, -0.15) is 0 Å². The smallest absolute Gasteiger partial charge is 0.351 e. The number of benzene rings is 1. The molecule has 2 heterocycles. The van der Waals surface area contributed by atoms with Gasteiger partial charge in [-0.1, -0.05) is 0 Å². The number of anilines is 1. The number of carbonyl (C=O) groups is 1. The average molecular weight is 507 g/mol. The number of esters is 1.